The van der Waals surface area contributed by atoms with E-state index in [0.29, 0.717) is 11.5 Å². The number of anilines is 1. The highest BCUT2D eigenvalue weighted by Gasteiger charge is 2.07. The van der Waals surface area contributed by atoms with Gasteiger partial charge in [0.25, 0.3) is 0 Å². The maximum Gasteiger partial charge on any atom is 0.248 e. The maximum atomic E-state index is 12.0. The number of carbonyl (C=O) groups is 1. The van der Waals surface area contributed by atoms with Crippen LogP contribution in [-0.4, -0.2) is 20.1 Å². The first kappa shape index (κ1) is 15.6. The van der Waals surface area contributed by atoms with Crippen LogP contribution in [0.3, 0.4) is 0 Å². The molecule has 0 saturated carbocycles. The number of methoxy groups -OCH3 is 2. The Morgan fingerprint density at radius 1 is 1.09 bits per heavy atom. The van der Waals surface area contributed by atoms with E-state index >= 15 is 0 Å². The van der Waals surface area contributed by atoms with Crippen molar-refractivity contribution in [3.8, 4) is 11.5 Å². The van der Waals surface area contributed by atoms with Gasteiger partial charge in [-0.15, -0.1) is 0 Å². The van der Waals surface area contributed by atoms with E-state index in [1.54, 1.807) is 20.3 Å². The summed E-state index contributed by atoms with van der Waals surface area (Å²) in [7, 11) is 3.15. The predicted molar refractivity (Wildman–Crippen MR) is 88.4 cm³/mol. The Bertz CT molecular complexity index is 692. The molecule has 22 heavy (non-hydrogen) atoms. The van der Waals surface area contributed by atoms with Gasteiger partial charge in [0.05, 0.1) is 14.2 Å². The van der Waals surface area contributed by atoms with Gasteiger partial charge in [0.1, 0.15) is 0 Å². The van der Waals surface area contributed by atoms with Crippen LogP contribution in [0.5, 0.6) is 11.5 Å². The molecule has 114 valence electrons. The van der Waals surface area contributed by atoms with Crippen LogP contribution in [0.25, 0.3) is 6.08 Å². The Morgan fingerprint density at radius 2 is 1.86 bits per heavy atom. The first-order chi connectivity index (χ1) is 10.6. The molecule has 0 aromatic heterocycles. The minimum absolute atomic E-state index is 0.199. The van der Waals surface area contributed by atoms with E-state index in [1.807, 2.05) is 49.4 Å². The van der Waals surface area contributed by atoms with Crippen LogP contribution >= 0.6 is 0 Å². The van der Waals surface area contributed by atoms with E-state index in [9.17, 15) is 4.79 Å². The third-order valence-corrected chi connectivity index (χ3v) is 3.13. The molecule has 0 bridgehead atoms. The Balaban J connectivity index is 2.13. The number of carbonyl (C=O) groups excluding carboxylic acids is 1. The van der Waals surface area contributed by atoms with Crippen molar-refractivity contribution in [3.05, 3.63) is 59.7 Å². The summed E-state index contributed by atoms with van der Waals surface area (Å²) in [6.07, 6.45) is 3.17. The van der Waals surface area contributed by atoms with Gasteiger partial charge in [-0.3, -0.25) is 4.79 Å². The third-order valence-electron chi connectivity index (χ3n) is 3.13. The molecule has 0 heterocycles. The second kappa shape index (κ2) is 7.31. The average Bonchev–Trinajstić information content (AvgIpc) is 2.52. The van der Waals surface area contributed by atoms with Crippen LogP contribution in [0.4, 0.5) is 5.69 Å². The third kappa shape index (κ3) is 3.88. The summed E-state index contributed by atoms with van der Waals surface area (Å²) < 4.78 is 10.6. The molecule has 0 radical (unpaired) electrons. The van der Waals surface area contributed by atoms with Gasteiger partial charge in [-0.05, 0) is 36.8 Å². The number of hydrogen-bond donors (Lipinski definition) is 1. The monoisotopic (exact) mass is 297 g/mol. The summed E-state index contributed by atoms with van der Waals surface area (Å²) in [6.45, 7) is 1.98. The van der Waals surface area contributed by atoms with Crippen LogP contribution in [0.2, 0.25) is 0 Å². The normalized spacial score (nSPS) is 10.5. The van der Waals surface area contributed by atoms with Gasteiger partial charge in [0, 0.05) is 17.3 Å². The molecule has 0 atom stereocenters. The second-order valence-electron chi connectivity index (χ2n) is 4.77. The van der Waals surface area contributed by atoms with Crippen molar-refractivity contribution in [2.45, 2.75) is 6.92 Å². The van der Waals surface area contributed by atoms with Gasteiger partial charge in [0.2, 0.25) is 5.91 Å². The standard InChI is InChI=1S/C18H19NO3/c1-13-6-4-8-15(12-13)19-17(20)11-10-14-7-5-9-16(21-2)18(14)22-3/h4-12H,1-3H3,(H,19,20)/b11-10+. The summed E-state index contributed by atoms with van der Waals surface area (Å²) in [5.74, 6) is 1.03. The summed E-state index contributed by atoms with van der Waals surface area (Å²) >= 11 is 0. The zero-order chi connectivity index (χ0) is 15.9. The van der Waals surface area contributed by atoms with Crippen LogP contribution in [-0.2, 0) is 4.79 Å². The van der Waals surface area contributed by atoms with Crippen molar-refractivity contribution in [2.24, 2.45) is 0 Å². The number of amides is 1. The van der Waals surface area contributed by atoms with Crippen LogP contribution in [0, 0.1) is 6.92 Å². The highest BCUT2D eigenvalue weighted by molar-refractivity contribution is 6.02. The quantitative estimate of drug-likeness (QED) is 0.857. The van der Waals surface area contributed by atoms with Crippen LogP contribution in [0.15, 0.2) is 48.5 Å². The van der Waals surface area contributed by atoms with Gasteiger partial charge in [0.15, 0.2) is 11.5 Å². The lowest BCUT2D eigenvalue weighted by Gasteiger charge is -2.09. The Hall–Kier alpha value is -2.75. The minimum Gasteiger partial charge on any atom is -0.493 e. The number of nitrogens with one attached hydrogen (secondary N) is 1. The SMILES string of the molecule is COc1cccc(/C=C/C(=O)Nc2cccc(C)c2)c1OC. The number of para-hydroxylation sites is 1. The van der Waals surface area contributed by atoms with E-state index in [0.717, 1.165) is 16.8 Å². The molecular weight excluding hydrogens is 278 g/mol. The zero-order valence-electron chi connectivity index (χ0n) is 12.9. The molecule has 0 aliphatic heterocycles. The first-order valence-electron chi connectivity index (χ1n) is 6.90. The molecule has 0 spiro atoms. The highest BCUT2D eigenvalue weighted by atomic mass is 16.5. The summed E-state index contributed by atoms with van der Waals surface area (Å²) in [5.41, 5.74) is 2.64. The van der Waals surface area contributed by atoms with Crippen molar-refractivity contribution < 1.29 is 14.3 Å². The zero-order valence-corrected chi connectivity index (χ0v) is 12.9. The van der Waals surface area contributed by atoms with Crippen molar-refractivity contribution in [1.29, 1.82) is 0 Å². The van der Waals surface area contributed by atoms with Gasteiger partial charge in [-0.2, -0.15) is 0 Å². The number of rotatable bonds is 5. The summed E-state index contributed by atoms with van der Waals surface area (Å²) in [5, 5.41) is 2.82. The summed E-state index contributed by atoms with van der Waals surface area (Å²) in [6, 6.07) is 13.2. The number of benzene rings is 2. The molecule has 0 unspecified atom stereocenters. The number of aryl methyl sites for hydroxylation is 1. The van der Waals surface area contributed by atoms with Crippen molar-refractivity contribution in [1.82, 2.24) is 0 Å². The van der Waals surface area contributed by atoms with Crippen LogP contribution < -0.4 is 14.8 Å². The lowest BCUT2D eigenvalue weighted by Crippen LogP contribution is -2.07. The highest BCUT2D eigenvalue weighted by Crippen LogP contribution is 2.31. The minimum atomic E-state index is -0.199. The lowest BCUT2D eigenvalue weighted by molar-refractivity contribution is -0.111. The molecule has 2 rings (SSSR count). The molecule has 0 saturated heterocycles. The number of ether oxygens (including phenoxy) is 2. The Kier molecular flexibility index (Phi) is 5.20. The molecule has 2 aromatic rings. The topological polar surface area (TPSA) is 47.6 Å². The maximum absolute atomic E-state index is 12.0. The fourth-order valence-corrected chi connectivity index (χ4v) is 2.12. The largest absolute Gasteiger partial charge is 0.493 e. The van der Waals surface area contributed by atoms with E-state index in [-0.39, 0.29) is 5.91 Å². The van der Waals surface area contributed by atoms with Gasteiger partial charge in [-0.1, -0.05) is 24.3 Å². The lowest BCUT2D eigenvalue weighted by atomic mass is 10.1. The van der Waals surface area contributed by atoms with E-state index in [4.69, 9.17) is 9.47 Å². The second-order valence-corrected chi connectivity index (χ2v) is 4.77. The molecule has 1 N–H and O–H groups in total. The van der Waals surface area contributed by atoms with Crippen LogP contribution in [0.1, 0.15) is 11.1 Å². The Morgan fingerprint density at radius 3 is 2.55 bits per heavy atom. The van der Waals surface area contributed by atoms with Crippen molar-refractivity contribution >= 4 is 17.7 Å². The predicted octanol–water partition coefficient (Wildman–Crippen LogP) is 3.66. The molecule has 4 heteroatoms. The van der Waals surface area contributed by atoms with E-state index < -0.39 is 0 Å². The Labute approximate surface area is 130 Å². The first-order valence-corrected chi connectivity index (χ1v) is 6.90. The van der Waals surface area contributed by atoms with E-state index in [2.05, 4.69) is 5.32 Å². The van der Waals surface area contributed by atoms with Gasteiger partial charge in [-0.25, -0.2) is 0 Å². The van der Waals surface area contributed by atoms with Gasteiger partial charge < -0.3 is 14.8 Å². The number of hydrogen-bond acceptors (Lipinski definition) is 3. The summed E-state index contributed by atoms with van der Waals surface area (Å²) in [4.78, 5) is 12.0. The molecule has 0 aliphatic rings. The van der Waals surface area contributed by atoms with Crippen molar-refractivity contribution in [2.75, 3.05) is 19.5 Å². The average molecular weight is 297 g/mol. The molecule has 2 aromatic carbocycles. The molecule has 0 fully saturated rings. The smallest absolute Gasteiger partial charge is 0.248 e. The molecular formula is C18H19NO3. The van der Waals surface area contributed by atoms with Gasteiger partial charge >= 0.3 is 0 Å². The molecule has 0 aliphatic carbocycles. The fourth-order valence-electron chi connectivity index (χ4n) is 2.12. The molecule has 4 nitrogen and oxygen atoms in total. The fraction of sp³-hybridized carbons (Fsp3) is 0.167. The molecule has 1 amide bonds. The van der Waals surface area contributed by atoms with E-state index in [1.165, 1.54) is 6.08 Å². The van der Waals surface area contributed by atoms with Crippen molar-refractivity contribution in [3.63, 3.8) is 0 Å².